The first-order valence-corrected chi connectivity index (χ1v) is 8.54. The molecule has 0 aromatic rings. The molecule has 9 heteroatoms. The monoisotopic (exact) mass is 320 g/mol. The summed E-state index contributed by atoms with van der Waals surface area (Å²) >= 11 is 0. The SMILES string of the molecule is CC(=O)O[Si](CCCOCC1CO1)(OC(C)=O)OC(C)=O. The molecular formula is C12H20O8Si. The first-order chi connectivity index (χ1) is 9.83. The Morgan fingerprint density at radius 2 is 1.52 bits per heavy atom. The Labute approximate surface area is 124 Å². The van der Waals surface area contributed by atoms with Crippen LogP contribution in [0.25, 0.3) is 0 Å². The molecule has 1 fully saturated rings. The Kier molecular flexibility index (Phi) is 6.79. The van der Waals surface area contributed by atoms with E-state index in [0.29, 0.717) is 26.2 Å². The molecule has 0 spiro atoms. The van der Waals surface area contributed by atoms with Crippen LogP contribution in [0.1, 0.15) is 27.2 Å². The molecule has 0 radical (unpaired) electrons. The molecule has 1 unspecified atom stereocenters. The average molecular weight is 320 g/mol. The van der Waals surface area contributed by atoms with E-state index in [4.69, 9.17) is 22.8 Å². The zero-order valence-corrected chi connectivity index (χ0v) is 13.4. The molecule has 1 saturated heterocycles. The van der Waals surface area contributed by atoms with E-state index in [9.17, 15) is 14.4 Å². The highest BCUT2D eigenvalue weighted by atomic mass is 28.4. The van der Waals surface area contributed by atoms with Gasteiger partial charge in [-0.3, -0.25) is 14.4 Å². The van der Waals surface area contributed by atoms with Crippen LogP contribution in [0.15, 0.2) is 0 Å². The molecule has 0 aromatic heterocycles. The molecule has 0 bridgehead atoms. The van der Waals surface area contributed by atoms with E-state index in [0.717, 1.165) is 20.8 Å². The molecule has 8 nitrogen and oxygen atoms in total. The van der Waals surface area contributed by atoms with Crippen molar-refractivity contribution < 1.29 is 37.1 Å². The second-order valence-corrected chi connectivity index (χ2v) is 7.08. The summed E-state index contributed by atoms with van der Waals surface area (Å²) in [6.07, 6.45) is 0.578. The number of rotatable bonds is 9. The normalized spacial score (nSPS) is 17.0. The van der Waals surface area contributed by atoms with Gasteiger partial charge >= 0.3 is 8.80 Å². The highest BCUT2D eigenvalue weighted by Gasteiger charge is 2.51. The number of ether oxygens (including phenoxy) is 2. The fourth-order valence-electron chi connectivity index (χ4n) is 1.64. The maximum Gasteiger partial charge on any atom is 0.705 e. The summed E-state index contributed by atoms with van der Waals surface area (Å²) in [5, 5.41) is 0. The lowest BCUT2D eigenvalue weighted by Crippen LogP contribution is -2.49. The van der Waals surface area contributed by atoms with Crippen molar-refractivity contribution in [3.8, 4) is 0 Å². The van der Waals surface area contributed by atoms with Gasteiger partial charge in [-0.2, -0.15) is 0 Å². The highest BCUT2D eigenvalue weighted by Crippen LogP contribution is 2.19. The van der Waals surface area contributed by atoms with Gasteiger partial charge in [-0.25, -0.2) is 0 Å². The Hall–Kier alpha value is -1.45. The van der Waals surface area contributed by atoms with Crippen LogP contribution in [0.3, 0.4) is 0 Å². The number of epoxide rings is 1. The Morgan fingerprint density at radius 3 is 1.90 bits per heavy atom. The number of hydrogen-bond donors (Lipinski definition) is 0. The zero-order chi connectivity index (χ0) is 15.9. The van der Waals surface area contributed by atoms with Crippen molar-refractivity contribution in [3.05, 3.63) is 0 Å². The fraction of sp³-hybridized carbons (Fsp3) is 0.750. The minimum absolute atomic E-state index is 0.122. The third-order valence-electron chi connectivity index (χ3n) is 2.38. The molecule has 1 rings (SSSR count). The van der Waals surface area contributed by atoms with Crippen molar-refractivity contribution in [2.24, 2.45) is 0 Å². The molecule has 0 aromatic carbocycles. The van der Waals surface area contributed by atoms with Gasteiger partial charge in [0.15, 0.2) is 0 Å². The minimum atomic E-state index is -3.71. The van der Waals surface area contributed by atoms with Crippen LogP contribution < -0.4 is 0 Å². The topological polar surface area (TPSA) is 101 Å². The summed E-state index contributed by atoms with van der Waals surface area (Å²) in [7, 11) is -3.71. The first-order valence-electron chi connectivity index (χ1n) is 6.61. The van der Waals surface area contributed by atoms with Crippen molar-refractivity contribution in [1.82, 2.24) is 0 Å². The number of carbonyl (C=O) groups is 3. The molecule has 1 aliphatic heterocycles. The van der Waals surface area contributed by atoms with Crippen molar-refractivity contribution >= 4 is 26.7 Å². The Bertz CT molecular complexity index is 352. The van der Waals surface area contributed by atoms with Gasteiger partial charge in [0.1, 0.15) is 6.10 Å². The van der Waals surface area contributed by atoms with Gasteiger partial charge in [0.05, 0.1) is 19.3 Å². The summed E-state index contributed by atoms with van der Waals surface area (Å²) < 4.78 is 25.4. The molecule has 1 heterocycles. The summed E-state index contributed by atoms with van der Waals surface area (Å²) in [4.78, 5) is 33.6. The van der Waals surface area contributed by atoms with Gasteiger partial charge in [-0.15, -0.1) is 0 Å². The van der Waals surface area contributed by atoms with Crippen molar-refractivity contribution in [3.63, 3.8) is 0 Å². The molecule has 0 saturated carbocycles. The molecule has 0 aliphatic carbocycles. The minimum Gasteiger partial charge on any atom is -0.455 e. The molecule has 1 atom stereocenters. The molecular weight excluding hydrogens is 300 g/mol. The van der Waals surface area contributed by atoms with Crippen LogP contribution in [0.4, 0.5) is 0 Å². The predicted molar refractivity (Wildman–Crippen MR) is 71.0 cm³/mol. The summed E-state index contributed by atoms with van der Waals surface area (Å²) in [6.45, 7) is 5.04. The third-order valence-corrected chi connectivity index (χ3v) is 5.14. The van der Waals surface area contributed by atoms with Gasteiger partial charge in [0, 0.05) is 27.4 Å². The van der Waals surface area contributed by atoms with E-state index in [1.165, 1.54) is 0 Å². The molecule has 0 amide bonds. The van der Waals surface area contributed by atoms with Crippen LogP contribution in [0, 0.1) is 0 Å². The van der Waals surface area contributed by atoms with Crippen LogP contribution >= 0.6 is 0 Å². The van der Waals surface area contributed by atoms with Crippen molar-refractivity contribution in [2.45, 2.75) is 39.3 Å². The quantitative estimate of drug-likeness (QED) is 0.342. The fourth-order valence-corrected chi connectivity index (χ4v) is 3.96. The molecule has 21 heavy (non-hydrogen) atoms. The zero-order valence-electron chi connectivity index (χ0n) is 12.4. The van der Waals surface area contributed by atoms with E-state index in [-0.39, 0.29) is 12.1 Å². The number of carbonyl (C=O) groups excluding carboxylic acids is 3. The highest BCUT2D eigenvalue weighted by molar-refractivity contribution is 6.65. The standard InChI is InChI=1S/C12H20O8Si/c1-9(13)18-21(19-10(2)14,20-11(3)15)6-4-5-16-7-12-8-17-12/h12H,4-8H2,1-3H3. The summed E-state index contributed by atoms with van der Waals surface area (Å²) in [5.74, 6) is -2.01. The van der Waals surface area contributed by atoms with Crippen LogP contribution in [0.2, 0.25) is 6.04 Å². The van der Waals surface area contributed by atoms with E-state index in [1.807, 2.05) is 0 Å². The second kappa shape index (κ2) is 8.10. The predicted octanol–water partition coefficient (Wildman–Crippen LogP) is 0.420. The van der Waals surface area contributed by atoms with Crippen molar-refractivity contribution in [2.75, 3.05) is 19.8 Å². The largest absolute Gasteiger partial charge is 0.705 e. The van der Waals surface area contributed by atoms with E-state index >= 15 is 0 Å². The first kappa shape index (κ1) is 17.6. The summed E-state index contributed by atoms with van der Waals surface area (Å²) in [6, 6.07) is 0.122. The number of hydrogen-bond acceptors (Lipinski definition) is 8. The average Bonchev–Trinajstić information content (AvgIpc) is 3.09. The third kappa shape index (κ3) is 7.78. The van der Waals surface area contributed by atoms with E-state index in [1.54, 1.807) is 0 Å². The lowest BCUT2D eigenvalue weighted by molar-refractivity contribution is -0.147. The van der Waals surface area contributed by atoms with Gasteiger partial charge < -0.3 is 22.8 Å². The second-order valence-electron chi connectivity index (χ2n) is 4.60. The van der Waals surface area contributed by atoms with Crippen LogP contribution in [-0.4, -0.2) is 52.6 Å². The van der Waals surface area contributed by atoms with Gasteiger partial charge in [-0.05, 0) is 6.42 Å². The lowest BCUT2D eigenvalue weighted by Gasteiger charge is -2.26. The molecule has 0 N–H and O–H groups in total. The lowest BCUT2D eigenvalue weighted by atomic mass is 10.5. The van der Waals surface area contributed by atoms with Gasteiger partial charge in [0.25, 0.3) is 17.9 Å². The summed E-state index contributed by atoms with van der Waals surface area (Å²) in [5.41, 5.74) is 0. The van der Waals surface area contributed by atoms with Crippen LogP contribution in [0.5, 0.6) is 0 Å². The van der Waals surface area contributed by atoms with Gasteiger partial charge in [-0.1, -0.05) is 0 Å². The molecule has 120 valence electrons. The van der Waals surface area contributed by atoms with Crippen molar-refractivity contribution in [1.29, 1.82) is 0 Å². The Balaban J connectivity index is 2.54. The smallest absolute Gasteiger partial charge is 0.455 e. The Morgan fingerprint density at radius 1 is 1.05 bits per heavy atom. The van der Waals surface area contributed by atoms with Gasteiger partial charge in [0.2, 0.25) is 0 Å². The van der Waals surface area contributed by atoms with Crippen LogP contribution in [-0.2, 0) is 37.1 Å². The van der Waals surface area contributed by atoms with E-state index in [2.05, 4.69) is 0 Å². The maximum atomic E-state index is 11.2. The van der Waals surface area contributed by atoms with E-state index < -0.39 is 26.7 Å². The molecule has 1 aliphatic rings. The maximum absolute atomic E-state index is 11.2.